The number of nitrogens with one attached hydrogen (secondary N) is 1. The molecule has 0 atom stereocenters. The van der Waals surface area contributed by atoms with Crippen LogP contribution in [0.15, 0.2) is 58.5 Å². The van der Waals surface area contributed by atoms with Gasteiger partial charge in [-0.05, 0) is 49.4 Å². The van der Waals surface area contributed by atoms with Crippen molar-refractivity contribution >= 4 is 33.9 Å². The maximum atomic E-state index is 12.6. The second-order valence-electron chi connectivity index (χ2n) is 5.79. The van der Waals surface area contributed by atoms with Gasteiger partial charge in [0.2, 0.25) is 0 Å². The minimum atomic E-state index is -0.278. The smallest absolute Gasteiger partial charge is 0.291 e. The summed E-state index contributed by atoms with van der Waals surface area (Å²) >= 11 is 1.58. The Labute approximate surface area is 154 Å². The third-order valence-electron chi connectivity index (χ3n) is 4.17. The van der Waals surface area contributed by atoms with Crippen molar-refractivity contribution in [3.63, 3.8) is 0 Å². The second-order valence-corrected chi connectivity index (χ2v) is 6.68. The highest BCUT2D eigenvalue weighted by Crippen LogP contribution is 2.29. The summed E-state index contributed by atoms with van der Waals surface area (Å²) in [6.45, 7) is 1.87. The number of methoxy groups -OCH3 is 1. The first kappa shape index (κ1) is 16.4. The van der Waals surface area contributed by atoms with Gasteiger partial charge < -0.3 is 14.5 Å². The highest BCUT2D eigenvalue weighted by Gasteiger charge is 2.18. The average Bonchev–Trinajstić information content (AvgIpc) is 3.31. The summed E-state index contributed by atoms with van der Waals surface area (Å²) in [6, 6.07) is 13.1. The number of hydrogen-bond acceptors (Lipinski definition) is 5. The number of benzene rings is 2. The van der Waals surface area contributed by atoms with Crippen LogP contribution in [0.5, 0.6) is 5.75 Å². The zero-order valence-electron chi connectivity index (χ0n) is 14.3. The number of fused-ring (bicyclic) bond motifs is 1. The van der Waals surface area contributed by atoms with Crippen LogP contribution < -0.4 is 10.1 Å². The normalized spacial score (nSPS) is 10.8. The number of anilines is 1. The minimum absolute atomic E-state index is 0.278. The van der Waals surface area contributed by atoms with Gasteiger partial charge in [0.15, 0.2) is 5.76 Å². The Morgan fingerprint density at radius 2 is 2.00 bits per heavy atom. The fourth-order valence-electron chi connectivity index (χ4n) is 2.79. The van der Waals surface area contributed by atoms with Gasteiger partial charge in [0, 0.05) is 33.8 Å². The zero-order valence-corrected chi connectivity index (χ0v) is 15.1. The highest BCUT2D eigenvalue weighted by molar-refractivity contribution is 7.13. The van der Waals surface area contributed by atoms with Crippen molar-refractivity contribution in [2.24, 2.45) is 0 Å². The van der Waals surface area contributed by atoms with E-state index in [1.807, 2.05) is 48.7 Å². The standard InChI is InChI=1S/C20H16N2O3S/c1-12-16-11-15(24-2)7-8-17(16)25-18(12)19(23)22-14-5-3-13(4-6-14)20-21-9-10-26-20/h3-11H,1-2H3,(H,22,23). The number of nitrogens with zero attached hydrogens (tertiary/aromatic N) is 1. The molecule has 1 N–H and O–H groups in total. The molecule has 0 bridgehead atoms. The highest BCUT2D eigenvalue weighted by atomic mass is 32.1. The van der Waals surface area contributed by atoms with Crippen LogP contribution >= 0.6 is 11.3 Å². The van der Waals surface area contributed by atoms with E-state index >= 15 is 0 Å². The van der Waals surface area contributed by atoms with E-state index < -0.39 is 0 Å². The van der Waals surface area contributed by atoms with Gasteiger partial charge in [0.1, 0.15) is 16.3 Å². The summed E-state index contributed by atoms with van der Waals surface area (Å²) in [4.78, 5) is 16.9. The van der Waals surface area contributed by atoms with Crippen LogP contribution in [0.1, 0.15) is 16.1 Å². The molecule has 1 amide bonds. The summed E-state index contributed by atoms with van der Waals surface area (Å²) in [5.41, 5.74) is 3.17. The average molecular weight is 364 g/mol. The molecule has 0 spiro atoms. The molecule has 2 aromatic carbocycles. The van der Waals surface area contributed by atoms with E-state index in [4.69, 9.17) is 9.15 Å². The van der Waals surface area contributed by atoms with Crippen LogP contribution in [0.3, 0.4) is 0 Å². The summed E-state index contributed by atoms with van der Waals surface area (Å²) in [5.74, 6) is 0.753. The Bertz CT molecular complexity index is 1070. The number of furan rings is 1. The molecule has 0 aliphatic carbocycles. The van der Waals surface area contributed by atoms with Crippen molar-refractivity contribution in [1.82, 2.24) is 4.98 Å². The maximum Gasteiger partial charge on any atom is 0.291 e. The third-order valence-corrected chi connectivity index (χ3v) is 4.99. The number of rotatable bonds is 4. The third kappa shape index (κ3) is 2.95. The van der Waals surface area contributed by atoms with Gasteiger partial charge in [-0.2, -0.15) is 0 Å². The molecule has 2 heterocycles. The lowest BCUT2D eigenvalue weighted by Crippen LogP contribution is -2.11. The molecule has 0 saturated carbocycles. The van der Waals surface area contributed by atoms with Gasteiger partial charge in [-0.1, -0.05) is 0 Å². The van der Waals surface area contributed by atoms with Gasteiger partial charge in [-0.25, -0.2) is 4.98 Å². The molecular formula is C20H16N2O3S. The number of carbonyl (C=O) groups excluding carboxylic acids is 1. The first-order chi connectivity index (χ1) is 12.7. The fourth-order valence-corrected chi connectivity index (χ4v) is 3.44. The van der Waals surface area contributed by atoms with Crippen LogP contribution in [0.25, 0.3) is 21.5 Å². The largest absolute Gasteiger partial charge is 0.497 e. The van der Waals surface area contributed by atoms with Crippen molar-refractivity contribution in [2.45, 2.75) is 6.92 Å². The maximum absolute atomic E-state index is 12.6. The molecule has 0 unspecified atom stereocenters. The molecule has 5 nitrogen and oxygen atoms in total. The SMILES string of the molecule is COc1ccc2oc(C(=O)Nc3ccc(-c4nccs4)cc3)c(C)c2c1. The first-order valence-electron chi connectivity index (χ1n) is 8.04. The Morgan fingerprint density at radius 3 is 2.69 bits per heavy atom. The van der Waals surface area contributed by atoms with E-state index in [0.717, 1.165) is 27.3 Å². The molecule has 0 fully saturated rings. The molecule has 2 aromatic heterocycles. The summed E-state index contributed by atoms with van der Waals surface area (Å²) in [6.07, 6.45) is 1.77. The number of hydrogen-bond donors (Lipinski definition) is 1. The minimum Gasteiger partial charge on any atom is -0.497 e. The van der Waals surface area contributed by atoms with Crippen LogP contribution in [-0.2, 0) is 0 Å². The van der Waals surface area contributed by atoms with Gasteiger partial charge >= 0.3 is 0 Å². The molecule has 6 heteroatoms. The van der Waals surface area contributed by atoms with E-state index in [0.29, 0.717) is 17.0 Å². The number of aryl methyl sites for hydroxylation is 1. The number of carbonyl (C=O) groups is 1. The van der Waals surface area contributed by atoms with Gasteiger partial charge in [0.05, 0.1) is 7.11 Å². The van der Waals surface area contributed by atoms with Crippen molar-refractivity contribution in [3.8, 4) is 16.3 Å². The monoisotopic (exact) mass is 364 g/mol. The lowest BCUT2D eigenvalue weighted by Gasteiger charge is -2.05. The van der Waals surface area contributed by atoms with Gasteiger partial charge in [-0.15, -0.1) is 11.3 Å². The molecule has 130 valence electrons. The lowest BCUT2D eigenvalue weighted by molar-refractivity contribution is 0.0998. The number of ether oxygens (including phenoxy) is 1. The summed E-state index contributed by atoms with van der Waals surface area (Å²) in [5, 5.41) is 6.63. The van der Waals surface area contributed by atoms with Crippen molar-refractivity contribution in [1.29, 1.82) is 0 Å². The zero-order chi connectivity index (χ0) is 18.1. The predicted octanol–water partition coefficient (Wildman–Crippen LogP) is 5.13. The van der Waals surface area contributed by atoms with Crippen molar-refractivity contribution in [3.05, 3.63) is 65.4 Å². The fraction of sp³-hybridized carbons (Fsp3) is 0.100. The quantitative estimate of drug-likeness (QED) is 0.545. The topological polar surface area (TPSA) is 64.4 Å². The summed E-state index contributed by atoms with van der Waals surface area (Å²) in [7, 11) is 1.61. The molecular weight excluding hydrogens is 348 g/mol. The van der Waals surface area contributed by atoms with E-state index in [1.165, 1.54) is 0 Å². The second kappa shape index (κ2) is 6.65. The Morgan fingerprint density at radius 1 is 1.19 bits per heavy atom. The Hall–Kier alpha value is -3.12. The van der Waals surface area contributed by atoms with Crippen LogP contribution in [0.4, 0.5) is 5.69 Å². The summed E-state index contributed by atoms with van der Waals surface area (Å²) < 4.78 is 11.0. The molecule has 4 rings (SSSR count). The molecule has 26 heavy (non-hydrogen) atoms. The van der Waals surface area contributed by atoms with Gasteiger partial charge in [0.25, 0.3) is 5.91 Å². The van der Waals surface area contributed by atoms with Crippen LogP contribution in [-0.4, -0.2) is 18.0 Å². The van der Waals surface area contributed by atoms with Crippen LogP contribution in [0.2, 0.25) is 0 Å². The van der Waals surface area contributed by atoms with E-state index in [1.54, 1.807) is 30.7 Å². The lowest BCUT2D eigenvalue weighted by atomic mass is 10.1. The molecule has 0 aliphatic heterocycles. The van der Waals surface area contributed by atoms with Crippen molar-refractivity contribution in [2.75, 3.05) is 12.4 Å². The number of amides is 1. The van der Waals surface area contributed by atoms with Crippen molar-refractivity contribution < 1.29 is 13.9 Å². The first-order valence-corrected chi connectivity index (χ1v) is 8.92. The molecule has 0 aliphatic rings. The predicted molar refractivity (Wildman–Crippen MR) is 103 cm³/mol. The molecule has 0 radical (unpaired) electrons. The van der Waals surface area contributed by atoms with E-state index in [2.05, 4.69) is 10.3 Å². The molecule has 0 saturated heterocycles. The molecule has 4 aromatic rings. The van der Waals surface area contributed by atoms with Crippen LogP contribution in [0, 0.1) is 6.92 Å². The number of thiazole rings is 1. The van der Waals surface area contributed by atoms with E-state index in [9.17, 15) is 4.79 Å². The Balaban J connectivity index is 1.58. The van der Waals surface area contributed by atoms with E-state index in [-0.39, 0.29) is 5.91 Å². The van der Waals surface area contributed by atoms with Gasteiger partial charge in [-0.3, -0.25) is 4.79 Å². The number of aromatic nitrogens is 1. The Kier molecular flexibility index (Phi) is 4.18.